The maximum absolute atomic E-state index is 8.93. The zero-order valence-electron chi connectivity index (χ0n) is 13.9. The summed E-state index contributed by atoms with van der Waals surface area (Å²) in [7, 11) is 0. The van der Waals surface area contributed by atoms with Crippen molar-refractivity contribution >= 4 is 5.82 Å². The molecule has 8 heteroatoms. The lowest BCUT2D eigenvalue weighted by molar-refractivity contribution is 0.214. The third-order valence-corrected chi connectivity index (χ3v) is 3.98. The molecule has 2 aromatic rings. The summed E-state index contributed by atoms with van der Waals surface area (Å²) in [6.07, 6.45) is 4.13. The summed E-state index contributed by atoms with van der Waals surface area (Å²) in [5.41, 5.74) is 0.734. The SMILES string of the molecule is Cc1cc(COc2nccnc2N2CCN(CCCO)CC2)no1. The minimum atomic E-state index is 0.240. The van der Waals surface area contributed by atoms with E-state index in [1.165, 1.54) is 0 Å². The molecule has 0 aromatic carbocycles. The van der Waals surface area contributed by atoms with Gasteiger partial charge in [0, 0.05) is 57.8 Å². The van der Waals surface area contributed by atoms with Crippen LogP contribution in [-0.4, -0.2) is 64.5 Å². The molecule has 0 atom stereocenters. The highest BCUT2D eigenvalue weighted by atomic mass is 16.5. The molecule has 2 aromatic heterocycles. The van der Waals surface area contributed by atoms with Gasteiger partial charge in [0.15, 0.2) is 5.82 Å². The molecule has 1 fully saturated rings. The highest BCUT2D eigenvalue weighted by Crippen LogP contribution is 2.24. The first-order chi connectivity index (χ1) is 11.8. The molecule has 0 radical (unpaired) electrons. The number of ether oxygens (including phenoxy) is 1. The molecule has 0 unspecified atom stereocenters. The predicted molar refractivity (Wildman–Crippen MR) is 88.0 cm³/mol. The molecule has 1 aliphatic rings. The number of aliphatic hydroxyl groups excluding tert-OH is 1. The van der Waals surface area contributed by atoms with Gasteiger partial charge >= 0.3 is 0 Å². The Morgan fingerprint density at radius 1 is 1.21 bits per heavy atom. The average Bonchev–Trinajstić information content (AvgIpc) is 3.04. The maximum atomic E-state index is 8.93. The molecule has 1 aliphatic heterocycles. The van der Waals surface area contributed by atoms with Gasteiger partial charge in [-0.1, -0.05) is 5.16 Å². The van der Waals surface area contributed by atoms with E-state index in [2.05, 4.69) is 24.9 Å². The van der Waals surface area contributed by atoms with Crippen molar-refractivity contribution in [3.8, 4) is 5.88 Å². The fourth-order valence-corrected chi connectivity index (χ4v) is 2.74. The fourth-order valence-electron chi connectivity index (χ4n) is 2.74. The summed E-state index contributed by atoms with van der Waals surface area (Å²) in [5.74, 6) is 2.04. The van der Waals surface area contributed by atoms with Crippen LogP contribution < -0.4 is 9.64 Å². The molecule has 1 saturated heterocycles. The van der Waals surface area contributed by atoms with Gasteiger partial charge in [-0.3, -0.25) is 4.90 Å². The maximum Gasteiger partial charge on any atom is 0.258 e. The van der Waals surface area contributed by atoms with E-state index in [9.17, 15) is 0 Å². The lowest BCUT2D eigenvalue weighted by Gasteiger charge is -2.35. The summed E-state index contributed by atoms with van der Waals surface area (Å²) in [6.45, 7) is 6.94. The Morgan fingerprint density at radius 2 is 2.00 bits per heavy atom. The number of hydrogen-bond donors (Lipinski definition) is 1. The van der Waals surface area contributed by atoms with Gasteiger partial charge in [-0.2, -0.15) is 0 Å². The Hall–Kier alpha value is -2.19. The number of anilines is 1. The highest BCUT2D eigenvalue weighted by Gasteiger charge is 2.21. The third-order valence-electron chi connectivity index (χ3n) is 3.98. The second kappa shape index (κ2) is 8.07. The summed E-state index contributed by atoms with van der Waals surface area (Å²) < 4.78 is 10.8. The van der Waals surface area contributed by atoms with Crippen LogP contribution in [0.1, 0.15) is 17.9 Å². The first-order valence-electron chi connectivity index (χ1n) is 8.20. The van der Waals surface area contributed by atoms with Gasteiger partial charge in [-0.25, -0.2) is 9.97 Å². The van der Waals surface area contributed by atoms with E-state index in [-0.39, 0.29) is 6.61 Å². The van der Waals surface area contributed by atoms with Crippen molar-refractivity contribution in [2.45, 2.75) is 20.0 Å². The van der Waals surface area contributed by atoms with E-state index in [1.54, 1.807) is 12.4 Å². The van der Waals surface area contributed by atoms with Gasteiger partial charge in [-0.05, 0) is 13.3 Å². The molecule has 0 spiro atoms. The molecule has 3 rings (SSSR count). The van der Waals surface area contributed by atoms with Crippen LogP contribution in [0.5, 0.6) is 5.88 Å². The number of nitrogens with zero attached hydrogens (tertiary/aromatic N) is 5. The summed E-state index contributed by atoms with van der Waals surface area (Å²) in [6, 6.07) is 1.84. The molecule has 1 N–H and O–H groups in total. The van der Waals surface area contributed by atoms with Crippen molar-refractivity contribution in [2.24, 2.45) is 0 Å². The summed E-state index contributed by atoms with van der Waals surface area (Å²) in [4.78, 5) is 13.3. The van der Waals surface area contributed by atoms with E-state index in [1.807, 2.05) is 13.0 Å². The lowest BCUT2D eigenvalue weighted by atomic mass is 10.3. The van der Waals surface area contributed by atoms with Gasteiger partial charge < -0.3 is 19.3 Å². The van der Waals surface area contributed by atoms with Crippen LogP contribution in [0.3, 0.4) is 0 Å². The number of aliphatic hydroxyl groups is 1. The van der Waals surface area contributed by atoms with Gasteiger partial charge in [-0.15, -0.1) is 0 Å². The second-order valence-electron chi connectivity index (χ2n) is 5.81. The molecule has 130 valence electrons. The molecular formula is C16H23N5O3. The first-order valence-corrected chi connectivity index (χ1v) is 8.20. The molecule has 3 heterocycles. The van der Waals surface area contributed by atoms with Crippen LogP contribution >= 0.6 is 0 Å². The minimum Gasteiger partial charge on any atom is -0.468 e. The largest absolute Gasteiger partial charge is 0.468 e. The van der Waals surface area contributed by atoms with Gasteiger partial charge in [0.2, 0.25) is 0 Å². The summed E-state index contributed by atoms with van der Waals surface area (Å²) >= 11 is 0. The monoisotopic (exact) mass is 333 g/mol. The van der Waals surface area contributed by atoms with E-state index < -0.39 is 0 Å². The van der Waals surface area contributed by atoms with E-state index in [0.717, 1.165) is 56.4 Å². The first kappa shape index (κ1) is 16.7. The van der Waals surface area contributed by atoms with Gasteiger partial charge in [0.05, 0.1) is 0 Å². The van der Waals surface area contributed by atoms with Crippen molar-refractivity contribution < 1.29 is 14.4 Å². The smallest absolute Gasteiger partial charge is 0.258 e. The molecule has 0 aliphatic carbocycles. The fraction of sp³-hybridized carbons (Fsp3) is 0.562. The van der Waals surface area contributed by atoms with Crippen molar-refractivity contribution in [2.75, 3.05) is 44.2 Å². The number of piperazine rings is 1. The van der Waals surface area contributed by atoms with Crippen LogP contribution in [0.2, 0.25) is 0 Å². The third kappa shape index (κ3) is 4.21. The Morgan fingerprint density at radius 3 is 2.71 bits per heavy atom. The minimum absolute atomic E-state index is 0.240. The average molecular weight is 333 g/mol. The van der Waals surface area contributed by atoms with Gasteiger partial charge in [0.25, 0.3) is 5.88 Å². The number of hydrogen-bond acceptors (Lipinski definition) is 8. The Bertz CT molecular complexity index is 640. The normalized spacial score (nSPS) is 15.7. The van der Waals surface area contributed by atoms with Crippen LogP contribution in [-0.2, 0) is 6.61 Å². The molecule has 0 bridgehead atoms. The summed E-state index contributed by atoms with van der Waals surface area (Å²) in [5, 5.41) is 12.9. The van der Waals surface area contributed by atoms with E-state index >= 15 is 0 Å². The molecular weight excluding hydrogens is 310 g/mol. The van der Waals surface area contributed by atoms with Crippen LogP contribution in [0.4, 0.5) is 5.82 Å². The van der Waals surface area contributed by atoms with E-state index in [4.69, 9.17) is 14.4 Å². The molecule has 0 saturated carbocycles. The van der Waals surface area contributed by atoms with Gasteiger partial charge in [0.1, 0.15) is 18.1 Å². The van der Waals surface area contributed by atoms with Crippen LogP contribution in [0.15, 0.2) is 23.0 Å². The van der Waals surface area contributed by atoms with E-state index in [0.29, 0.717) is 12.5 Å². The molecule has 8 nitrogen and oxygen atoms in total. The standard InChI is InChI=1S/C16H23N5O3/c1-13-11-14(19-24-13)12-23-16-15(17-3-4-18-16)21-8-6-20(7-9-21)5-2-10-22/h3-4,11,22H,2,5-10,12H2,1H3. The highest BCUT2D eigenvalue weighted by molar-refractivity contribution is 5.48. The van der Waals surface area contributed by atoms with Crippen molar-refractivity contribution in [3.05, 3.63) is 29.9 Å². The molecule has 24 heavy (non-hydrogen) atoms. The topological polar surface area (TPSA) is 87.8 Å². The quantitative estimate of drug-likeness (QED) is 0.798. The molecule has 0 amide bonds. The van der Waals surface area contributed by atoms with Crippen molar-refractivity contribution in [1.29, 1.82) is 0 Å². The number of aryl methyl sites for hydroxylation is 1. The van der Waals surface area contributed by atoms with Crippen LogP contribution in [0, 0.1) is 6.92 Å². The predicted octanol–water partition coefficient (Wildman–Crippen LogP) is 0.856. The zero-order chi connectivity index (χ0) is 16.8. The zero-order valence-corrected chi connectivity index (χ0v) is 13.9. The lowest BCUT2D eigenvalue weighted by Crippen LogP contribution is -2.47. The van der Waals surface area contributed by atoms with Crippen LogP contribution in [0.25, 0.3) is 0 Å². The second-order valence-corrected chi connectivity index (χ2v) is 5.81. The Kier molecular flexibility index (Phi) is 5.60. The van der Waals surface area contributed by atoms with Crippen molar-refractivity contribution in [1.82, 2.24) is 20.0 Å². The van der Waals surface area contributed by atoms with Crippen molar-refractivity contribution in [3.63, 3.8) is 0 Å². The number of rotatable bonds is 7. The Balaban J connectivity index is 1.60. The Labute approximate surface area is 141 Å². The number of aromatic nitrogens is 3.